The first-order valence-corrected chi connectivity index (χ1v) is 3.37. The number of H-pyrrole nitrogens is 2. The minimum atomic E-state index is 0. The van der Waals surface area contributed by atoms with Crippen LogP contribution in [0.25, 0.3) is 11.2 Å². The molecule has 4 N–H and O–H groups in total. The summed E-state index contributed by atoms with van der Waals surface area (Å²) < 4.78 is 0.508. The molecular formula is C5H6N5NaS. The summed E-state index contributed by atoms with van der Waals surface area (Å²) in [4.78, 5) is 13.4. The Morgan fingerprint density at radius 2 is 2.25 bits per heavy atom. The molecule has 0 bridgehead atoms. The standard InChI is InChI=1S/C5H5N5S.Na.H/c6-5-9-3-2(4(11)10-5)7-1-8-3;;/h1H,(H4,6,7,8,9,10,11);;. The molecule has 2 rings (SSSR count). The molecule has 0 amide bonds. The van der Waals surface area contributed by atoms with E-state index in [2.05, 4.69) is 19.9 Å². The molecule has 0 aliphatic heterocycles. The van der Waals surface area contributed by atoms with E-state index in [0.29, 0.717) is 21.8 Å². The van der Waals surface area contributed by atoms with Crippen molar-refractivity contribution in [1.29, 1.82) is 0 Å². The number of rotatable bonds is 0. The Kier molecular flexibility index (Phi) is 2.84. The van der Waals surface area contributed by atoms with Crippen molar-refractivity contribution < 1.29 is 0 Å². The van der Waals surface area contributed by atoms with Gasteiger partial charge in [0.25, 0.3) is 0 Å². The Bertz CT molecular complexity index is 446. The van der Waals surface area contributed by atoms with Crippen molar-refractivity contribution in [3.8, 4) is 0 Å². The Labute approximate surface area is 95.1 Å². The van der Waals surface area contributed by atoms with Gasteiger partial charge in [-0.15, -0.1) is 0 Å². The molecule has 0 aromatic carbocycles. The number of aromatic amines is 2. The molecule has 0 aliphatic carbocycles. The summed E-state index contributed by atoms with van der Waals surface area (Å²) in [7, 11) is 0. The van der Waals surface area contributed by atoms with Gasteiger partial charge < -0.3 is 15.7 Å². The van der Waals surface area contributed by atoms with Gasteiger partial charge in [0.1, 0.15) is 10.2 Å². The number of fused-ring (bicyclic) bond motifs is 1. The molecular weight excluding hydrogens is 185 g/mol. The normalized spacial score (nSPS) is 9.67. The van der Waals surface area contributed by atoms with Crippen molar-refractivity contribution in [2.45, 2.75) is 0 Å². The molecule has 0 atom stereocenters. The van der Waals surface area contributed by atoms with E-state index in [0.717, 1.165) is 0 Å². The Morgan fingerprint density at radius 1 is 1.50 bits per heavy atom. The Balaban J connectivity index is 0.000000720. The molecule has 2 aromatic heterocycles. The third-order valence-electron chi connectivity index (χ3n) is 1.31. The second kappa shape index (κ2) is 3.53. The second-order valence-corrected chi connectivity index (χ2v) is 2.46. The maximum absolute atomic E-state index is 5.40. The molecule has 12 heavy (non-hydrogen) atoms. The van der Waals surface area contributed by atoms with Gasteiger partial charge in [0.2, 0.25) is 5.95 Å². The van der Waals surface area contributed by atoms with E-state index >= 15 is 0 Å². The number of imidazole rings is 1. The van der Waals surface area contributed by atoms with E-state index in [-0.39, 0.29) is 29.6 Å². The van der Waals surface area contributed by atoms with Gasteiger partial charge in [0.15, 0.2) is 5.65 Å². The zero-order valence-electron chi connectivity index (χ0n) is 5.46. The molecule has 0 fully saturated rings. The molecule has 0 unspecified atom stereocenters. The molecule has 0 saturated heterocycles. The van der Waals surface area contributed by atoms with Crippen molar-refractivity contribution >= 4 is 58.9 Å². The molecule has 2 aromatic rings. The van der Waals surface area contributed by atoms with Gasteiger partial charge in [-0.2, -0.15) is 4.98 Å². The summed E-state index contributed by atoms with van der Waals surface area (Å²) >= 11 is 4.94. The van der Waals surface area contributed by atoms with Crippen molar-refractivity contribution in [3.63, 3.8) is 0 Å². The SMILES string of the molecule is Nc1nc2[nH]cnc2c(=S)[nH]1.[NaH]. The molecule has 0 saturated carbocycles. The van der Waals surface area contributed by atoms with Gasteiger partial charge in [-0.1, -0.05) is 12.2 Å². The predicted octanol–water partition coefficient (Wildman–Crippen LogP) is -0.0508. The van der Waals surface area contributed by atoms with Gasteiger partial charge >= 0.3 is 29.6 Å². The summed E-state index contributed by atoms with van der Waals surface area (Å²) in [6.45, 7) is 0. The van der Waals surface area contributed by atoms with Crippen LogP contribution in [0.5, 0.6) is 0 Å². The van der Waals surface area contributed by atoms with Gasteiger partial charge in [-0.25, -0.2) is 4.98 Å². The van der Waals surface area contributed by atoms with Gasteiger partial charge in [0, 0.05) is 0 Å². The molecule has 0 radical (unpaired) electrons. The van der Waals surface area contributed by atoms with Gasteiger partial charge in [-0.05, 0) is 0 Å². The minimum absolute atomic E-state index is 0. The molecule has 7 heteroatoms. The van der Waals surface area contributed by atoms with E-state index < -0.39 is 0 Å². The fourth-order valence-corrected chi connectivity index (χ4v) is 1.12. The molecule has 2 heterocycles. The zero-order chi connectivity index (χ0) is 7.84. The number of nitrogens with zero attached hydrogens (tertiary/aromatic N) is 2. The number of nitrogens with two attached hydrogens (primary N) is 1. The monoisotopic (exact) mass is 191 g/mol. The van der Waals surface area contributed by atoms with Crippen molar-refractivity contribution in [2.75, 3.05) is 5.73 Å². The van der Waals surface area contributed by atoms with E-state index in [4.69, 9.17) is 18.0 Å². The Hall–Kier alpha value is -0.430. The number of hydrogen-bond donors (Lipinski definition) is 3. The number of anilines is 1. The molecule has 58 valence electrons. The van der Waals surface area contributed by atoms with Crippen LogP contribution in [-0.2, 0) is 0 Å². The fourth-order valence-electron chi connectivity index (χ4n) is 0.863. The first-order valence-electron chi connectivity index (χ1n) is 2.96. The number of nitrogen functional groups attached to an aromatic ring is 1. The maximum atomic E-state index is 5.40. The van der Waals surface area contributed by atoms with Crippen molar-refractivity contribution in [3.05, 3.63) is 11.0 Å². The van der Waals surface area contributed by atoms with E-state index in [1.165, 1.54) is 6.33 Å². The molecule has 0 aliphatic rings. The van der Waals surface area contributed by atoms with Crippen LogP contribution in [0.3, 0.4) is 0 Å². The van der Waals surface area contributed by atoms with Crippen molar-refractivity contribution in [1.82, 2.24) is 19.9 Å². The fraction of sp³-hybridized carbons (Fsp3) is 0. The summed E-state index contributed by atoms with van der Waals surface area (Å²) in [5.41, 5.74) is 6.67. The van der Waals surface area contributed by atoms with Crippen LogP contribution in [0, 0.1) is 4.64 Å². The first-order chi connectivity index (χ1) is 5.27. The van der Waals surface area contributed by atoms with Crippen molar-refractivity contribution in [2.24, 2.45) is 0 Å². The molecule has 5 nitrogen and oxygen atoms in total. The first kappa shape index (κ1) is 9.66. The van der Waals surface area contributed by atoms with E-state index in [1.54, 1.807) is 0 Å². The quantitative estimate of drug-likeness (QED) is 0.402. The zero-order valence-corrected chi connectivity index (χ0v) is 6.27. The number of aromatic nitrogens is 4. The predicted molar refractivity (Wildman–Crippen MR) is 50.6 cm³/mol. The summed E-state index contributed by atoms with van der Waals surface area (Å²) in [5.74, 6) is 0.298. The number of hydrogen-bond acceptors (Lipinski definition) is 4. The van der Waals surface area contributed by atoms with Gasteiger partial charge in [0.05, 0.1) is 6.33 Å². The van der Waals surface area contributed by atoms with Crippen LogP contribution in [0.4, 0.5) is 5.95 Å². The summed E-state index contributed by atoms with van der Waals surface area (Å²) in [5, 5.41) is 0. The summed E-state index contributed by atoms with van der Waals surface area (Å²) in [6.07, 6.45) is 1.53. The third kappa shape index (κ3) is 1.51. The third-order valence-corrected chi connectivity index (χ3v) is 1.60. The number of nitrogens with one attached hydrogen (secondary N) is 2. The van der Waals surface area contributed by atoms with Crippen LogP contribution in [0.15, 0.2) is 6.33 Å². The van der Waals surface area contributed by atoms with Crippen LogP contribution in [0.2, 0.25) is 0 Å². The molecule has 0 spiro atoms. The van der Waals surface area contributed by atoms with Crippen LogP contribution < -0.4 is 5.73 Å². The second-order valence-electron chi connectivity index (χ2n) is 2.05. The Morgan fingerprint density at radius 3 is 3.00 bits per heavy atom. The van der Waals surface area contributed by atoms with E-state index in [9.17, 15) is 0 Å². The van der Waals surface area contributed by atoms with Crippen LogP contribution in [-0.4, -0.2) is 49.5 Å². The van der Waals surface area contributed by atoms with Gasteiger partial charge in [-0.3, -0.25) is 0 Å². The van der Waals surface area contributed by atoms with Crippen LogP contribution in [0.1, 0.15) is 0 Å². The average Bonchev–Trinajstić information content (AvgIpc) is 2.34. The topological polar surface area (TPSA) is 83.4 Å². The summed E-state index contributed by atoms with van der Waals surface area (Å²) in [6, 6.07) is 0. The van der Waals surface area contributed by atoms with Crippen LogP contribution >= 0.6 is 12.2 Å². The average molecular weight is 191 g/mol. The van der Waals surface area contributed by atoms with E-state index in [1.807, 2.05) is 0 Å².